The summed E-state index contributed by atoms with van der Waals surface area (Å²) in [5.74, 6) is -0.210. The molecule has 5 nitrogen and oxygen atoms in total. The van der Waals surface area contributed by atoms with Gasteiger partial charge in [0.2, 0.25) is 0 Å². The van der Waals surface area contributed by atoms with Crippen LogP contribution in [0, 0.1) is 17.8 Å². The first-order valence-electron chi connectivity index (χ1n) is 7.85. The molecule has 0 bridgehead atoms. The maximum absolute atomic E-state index is 12.8. The van der Waals surface area contributed by atoms with Crippen LogP contribution >= 0.6 is 0 Å². The minimum absolute atomic E-state index is 0.0979. The molecule has 0 spiro atoms. The third-order valence-corrected chi connectivity index (χ3v) is 4.61. The Balaban J connectivity index is 1.79. The van der Waals surface area contributed by atoms with Gasteiger partial charge >= 0.3 is 5.97 Å². The van der Waals surface area contributed by atoms with Crippen LogP contribution in [-0.2, 0) is 4.79 Å². The van der Waals surface area contributed by atoms with Crippen molar-refractivity contribution in [1.29, 1.82) is 0 Å². The standard InChI is InChI=1S/C17H21NO4/c1-2-22-15-6-4-3-5-12(15)16(19)18-9-13(11-7-8-11)14(10-18)17(20)21/h3-6,11,13-14H,2,7-10H2,1H3,(H,20,21)/t13-,14+/m1/s1. The lowest BCUT2D eigenvalue weighted by Crippen LogP contribution is -2.30. The van der Waals surface area contributed by atoms with Crippen molar-refractivity contribution >= 4 is 11.9 Å². The van der Waals surface area contributed by atoms with Crippen molar-refractivity contribution in [2.24, 2.45) is 17.8 Å². The number of carbonyl (C=O) groups excluding carboxylic acids is 1. The van der Waals surface area contributed by atoms with E-state index in [9.17, 15) is 14.7 Å². The number of amides is 1. The van der Waals surface area contributed by atoms with Gasteiger partial charge in [-0.3, -0.25) is 9.59 Å². The highest BCUT2D eigenvalue weighted by atomic mass is 16.5. The van der Waals surface area contributed by atoms with Gasteiger partial charge in [0.15, 0.2) is 0 Å². The third-order valence-electron chi connectivity index (χ3n) is 4.61. The second kappa shape index (κ2) is 5.99. The Morgan fingerprint density at radius 3 is 2.64 bits per heavy atom. The number of nitrogens with zero attached hydrogens (tertiary/aromatic N) is 1. The summed E-state index contributed by atoms with van der Waals surface area (Å²) in [5.41, 5.74) is 0.518. The molecule has 0 radical (unpaired) electrons. The smallest absolute Gasteiger partial charge is 0.308 e. The fourth-order valence-electron chi connectivity index (χ4n) is 3.35. The van der Waals surface area contributed by atoms with Crippen LogP contribution in [-0.4, -0.2) is 41.6 Å². The van der Waals surface area contributed by atoms with Crippen LogP contribution < -0.4 is 4.74 Å². The number of hydrogen-bond donors (Lipinski definition) is 1. The molecular weight excluding hydrogens is 282 g/mol. The summed E-state index contributed by atoms with van der Waals surface area (Å²) < 4.78 is 5.51. The number of benzene rings is 1. The van der Waals surface area contributed by atoms with Crippen molar-refractivity contribution in [3.05, 3.63) is 29.8 Å². The van der Waals surface area contributed by atoms with Crippen molar-refractivity contribution < 1.29 is 19.4 Å². The van der Waals surface area contributed by atoms with E-state index < -0.39 is 11.9 Å². The maximum Gasteiger partial charge on any atom is 0.308 e. The summed E-state index contributed by atoms with van der Waals surface area (Å²) >= 11 is 0. The minimum Gasteiger partial charge on any atom is -0.493 e. The molecule has 22 heavy (non-hydrogen) atoms. The summed E-state index contributed by atoms with van der Waals surface area (Å²) in [7, 11) is 0. The van der Waals surface area contributed by atoms with E-state index in [1.165, 1.54) is 0 Å². The largest absolute Gasteiger partial charge is 0.493 e. The molecule has 0 unspecified atom stereocenters. The van der Waals surface area contributed by atoms with Crippen LogP contribution in [0.1, 0.15) is 30.1 Å². The molecule has 0 aromatic heterocycles. The van der Waals surface area contributed by atoms with Gasteiger partial charge in [-0.15, -0.1) is 0 Å². The molecule has 1 heterocycles. The molecule has 2 fully saturated rings. The number of rotatable bonds is 5. The van der Waals surface area contributed by atoms with E-state index in [0.717, 1.165) is 12.8 Å². The Kier molecular flexibility index (Phi) is 4.05. The third kappa shape index (κ3) is 2.80. The van der Waals surface area contributed by atoms with E-state index in [4.69, 9.17) is 4.74 Å². The summed E-state index contributed by atoms with van der Waals surface area (Å²) in [6.45, 7) is 3.21. The van der Waals surface area contributed by atoms with Crippen LogP contribution in [0.3, 0.4) is 0 Å². The Bertz CT molecular complexity index is 582. The molecule has 1 aliphatic heterocycles. The fourth-order valence-corrected chi connectivity index (χ4v) is 3.35. The maximum atomic E-state index is 12.8. The predicted molar refractivity (Wildman–Crippen MR) is 80.9 cm³/mol. The predicted octanol–water partition coefficient (Wildman–Crippen LogP) is 2.27. The van der Waals surface area contributed by atoms with Crippen molar-refractivity contribution in [3.63, 3.8) is 0 Å². The molecule has 5 heteroatoms. The first-order valence-corrected chi connectivity index (χ1v) is 7.85. The average Bonchev–Trinajstić information content (AvgIpc) is 3.25. The molecule has 1 saturated carbocycles. The molecule has 1 aromatic rings. The molecule has 2 atom stereocenters. The van der Waals surface area contributed by atoms with Gasteiger partial charge in [-0.25, -0.2) is 0 Å². The van der Waals surface area contributed by atoms with Crippen LogP contribution in [0.25, 0.3) is 0 Å². The number of likely N-dealkylation sites (tertiary alicyclic amines) is 1. The second-order valence-electron chi connectivity index (χ2n) is 6.09. The molecular formula is C17H21NO4. The van der Waals surface area contributed by atoms with Gasteiger partial charge in [-0.05, 0) is 43.7 Å². The lowest BCUT2D eigenvalue weighted by molar-refractivity contribution is -0.142. The van der Waals surface area contributed by atoms with Crippen LogP contribution in [0.4, 0.5) is 0 Å². The zero-order valence-corrected chi connectivity index (χ0v) is 12.7. The first kappa shape index (κ1) is 14.9. The molecule has 1 aliphatic carbocycles. The van der Waals surface area contributed by atoms with E-state index >= 15 is 0 Å². The van der Waals surface area contributed by atoms with Gasteiger partial charge in [0.1, 0.15) is 5.75 Å². The van der Waals surface area contributed by atoms with Gasteiger partial charge in [-0.1, -0.05) is 12.1 Å². The quantitative estimate of drug-likeness (QED) is 0.906. The van der Waals surface area contributed by atoms with Gasteiger partial charge < -0.3 is 14.7 Å². The normalized spacial score (nSPS) is 24.3. The highest BCUT2D eigenvalue weighted by molar-refractivity contribution is 5.97. The fraction of sp³-hybridized carbons (Fsp3) is 0.529. The molecule has 1 saturated heterocycles. The lowest BCUT2D eigenvalue weighted by atomic mass is 9.92. The highest BCUT2D eigenvalue weighted by Crippen LogP contribution is 2.44. The molecule has 1 aromatic carbocycles. The van der Waals surface area contributed by atoms with Crippen molar-refractivity contribution in [3.8, 4) is 5.75 Å². The zero-order valence-electron chi connectivity index (χ0n) is 12.7. The van der Waals surface area contributed by atoms with Crippen LogP contribution in [0.5, 0.6) is 5.75 Å². The van der Waals surface area contributed by atoms with E-state index in [1.807, 2.05) is 13.0 Å². The van der Waals surface area contributed by atoms with Crippen molar-refractivity contribution in [2.75, 3.05) is 19.7 Å². The Labute approximate surface area is 129 Å². The number of hydrogen-bond acceptors (Lipinski definition) is 3. The van der Waals surface area contributed by atoms with Crippen molar-refractivity contribution in [2.45, 2.75) is 19.8 Å². The summed E-state index contributed by atoms with van der Waals surface area (Å²) in [6.07, 6.45) is 2.18. The van der Waals surface area contributed by atoms with Crippen LogP contribution in [0.2, 0.25) is 0 Å². The average molecular weight is 303 g/mol. The van der Waals surface area contributed by atoms with Crippen LogP contribution in [0.15, 0.2) is 24.3 Å². The molecule has 118 valence electrons. The van der Waals surface area contributed by atoms with Gasteiger partial charge in [-0.2, -0.15) is 0 Å². The number of carboxylic acid groups (broad SMARTS) is 1. The SMILES string of the molecule is CCOc1ccccc1C(=O)N1C[C@H](C(=O)O)[C@@H](C2CC2)C1. The number of carbonyl (C=O) groups is 2. The Morgan fingerprint density at radius 1 is 1.27 bits per heavy atom. The van der Waals surface area contributed by atoms with Gasteiger partial charge in [0.25, 0.3) is 5.91 Å². The van der Waals surface area contributed by atoms with E-state index in [-0.39, 0.29) is 11.8 Å². The molecule has 3 rings (SSSR count). The Morgan fingerprint density at radius 2 is 2.00 bits per heavy atom. The molecule has 2 aliphatic rings. The first-order chi connectivity index (χ1) is 10.6. The summed E-state index contributed by atoms with van der Waals surface area (Å²) in [4.78, 5) is 25.9. The topological polar surface area (TPSA) is 66.8 Å². The highest BCUT2D eigenvalue weighted by Gasteiger charge is 2.47. The second-order valence-corrected chi connectivity index (χ2v) is 6.09. The number of para-hydroxylation sites is 1. The number of aliphatic carboxylic acids is 1. The number of carboxylic acids is 1. The number of ether oxygens (including phenoxy) is 1. The van der Waals surface area contributed by atoms with Crippen molar-refractivity contribution in [1.82, 2.24) is 4.90 Å². The summed E-state index contributed by atoms with van der Waals surface area (Å²) in [5, 5.41) is 9.41. The van der Waals surface area contributed by atoms with Gasteiger partial charge in [0.05, 0.1) is 18.1 Å². The van der Waals surface area contributed by atoms with E-state index in [2.05, 4.69) is 0 Å². The molecule has 1 N–H and O–H groups in total. The lowest BCUT2D eigenvalue weighted by Gasteiger charge is -2.18. The Hall–Kier alpha value is -2.04. The molecule has 1 amide bonds. The van der Waals surface area contributed by atoms with E-state index in [0.29, 0.717) is 36.9 Å². The monoisotopic (exact) mass is 303 g/mol. The van der Waals surface area contributed by atoms with E-state index in [1.54, 1.807) is 23.1 Å². The van der Waals surface area contributed by atoms with Gasteiger partial charge in [0, 0.05) is 13.1 Å². The zero-order chi connectivity index (χ0) is 15.7. The summed E-state index contributed by atoms with van der Waals surface area (Å²) in [6, 6.07) is 7.16. The minimum atomic E-state index is -0.787.